The van der Waals surface area contributed by atoms with Crippen molar-refractivity contribution in [2.45, 2.75) is 18.9 Å². The Morgan fingerprint density at radius 3 is 2.15 bits per heavy atom. The van der Waals surface area contributed by atoms with Crippen LogP contribution in [-0.4, -0.2) is 35.7 Å². The second kappa shape index (κ2) is 3.04. The maximum atomic E-state index is 12.8. The van der Waals surface area contributed by atoms with Gasteiger partial charge in [-0.3, -0.25) is 4.90 Å². The van der Waals surface area contributed by atoms with Gasteiger partial charge < -0.3 is 4.90 Å². The van der Waals surface area contributed by atoms with E-state index in [9.17, 15) is 22.0 Å². The van der Waals surface area contributed by atoms with Gasteiger partial charge in [0.05, 0.1) is 0 Å². The molecule has 76 valence electrons. The van der Waals surface area contributed by atoms with Gasteiger partial charge in [0.15, 0.2) is 0 Å². The van der Waals surface area contributed by atoms with Crippen LogP contribution in [0.5, 0.6) is 0 Å². The summed E-state index contributed by atoms with van der Waals surface area (Å²) in [6, 6.07) is -4.47. The van der Waals surface area contributed by atoms with Crippen LogP contribution in [0.1, 0.15) is 0 Å². The number of halogens is 5. The van der Waals surface area contributed by atoms with E-state index in [0.717, 1.165) is 11.1 Å². The summed E-state index contributed by atoms with van der Waals surface area (Å²) in [4.78, 5) is 0.438. The van der Waals surface area contributed by atoms with Crippen molar-refractivity contribution >= 4 is 0 Å². The fourth-order valence-electron chi connectivity index (χ4n) is 0.869. The Morgan fingerprint density at radius 1 is 1.31 bits per heavy atom. The number of hydrogen-bond acceptors (Lipinski definition) is 2. The molecular formula is C6H7F5N2. The Balaban J connectivity index is 2.79. The molecular weight excluding hydrogens is 195 g/mol. The van der Waals surface area contributed by atoms with Crippen molar-refractivity contribution in [1.29, 1.82) is 0 Å². The van der Waals surface area contributed by atoms with Crippen LogP contribution in [0.15, 0.2) is 12.4 Å². The third kappa shape index (κ3) is 1.54. The third-order valence-electron chi connectivity index (χ3n) is 1.63. The van der Waals surface area contributed by atoms with Gasteiger partial charge in [0.25, 0.3) is 6.42 Å². The molecule has 0 aromatic heterocycles. The van der Waals surface area contributed by atoms with Gasteiger partial charge in [-0.1, -0.05) is 0 Å². The molecule has 1 aliphatic heterocycles. The minimum Gasteiger partial charge on any atom is -0.333 e. The van der Waals surface area contributed by atoms with E-state index >= 15 is 0 Å². The van der Waals surface area contributed by atoms with Crippen molar-refractivity contribution in [3.05, 3.63) is 12.4 Å². The molecule has 0 saturated heterocycles. The lowest BCUT2D eigenvalue weighted by molar-refractivity contribution is -0.243. The van der Waals surface area contributed by atoms with Crippen molar-refractivity contribution in [3.8, 4) is 0 Å². The van der Waals surface area contributed by atoms with Crippen molar-refractivity contribution in [2.75, 3.05) is 7.05 Å². The molecule has 13 heavy (non-hydrogen) atoms. The molecule has 0 spiro atoms. The predicted octanol–water partition coefficient (Wildman–Crippen LogP) is 1.82. The Bertz CT molecular complexity index is 217. The zero-order chi connectivity index (χ0) is 10.2. The summed E-state index contributed by atoms with van der Waals surface area (Å²) in [5.74, 6) is 0. The molecule has 0 amide bonds. The Labute approximate surface area is 71.2 Å². The van der Waals surface area contributed by atoms with Crippen molar-refractivity contribution in [3.63, 3.8) is 0 Å². The van der Waals surface area contributed by atoms with Gasteiger partial charge in [-0.05, 0) is 0 Å². The van der Waals surface area contributed by atoms with Crippen LogP contribution in [0.3, 0.4) is 0 Å². The van der Waals surface area contributed by atoms with Gasteiger partial charge in [0.1, 0.15) is 0 Å². The molecule has 0 aromatic rings. The summed E-state index contributed by atoms with van der Waals surface area (Å²) >= 11 is 0. The molecule has 1 heterocycles. The van der Waals surface area contributed by atoms with E-state index in [1.807, 2.05) is 0 Å². The second-order valence-electron chi connectivity index (χ2n) is 2.57. The predicted molar refractivity (Wildman–Crippen MR) is 34.6 cm³/mol. The molecule has 0 fully saturated rings. The average Bonchev–Trinajstić information content (AvgIpc) is 2.33. The summed E-state index contributed by atoms with van der Waals surface area (Å²) in [7, 11) is 1.17. The Morgan fingerprint density at radius 2 is 1.85 bits per heavy atom. The largest absolute Gasteiger partial charge is 0.389 e. The SMILES string of the molecule is CN1C=CN(C(F)(F)C(F)F)C1F. The number of nitrogens with zero attached hydrogens (tertiary/aromatic N) is 2. The fraction of sp³-hybridized carbons (Fsp3) is 0.667. The molecule has 2 nitrogen and oxygen atoms in total. The summed E-state index contributed by atoms with van der Waals surface area (Å²) < 4.78 is 61.4. The van der Waals surface area contributed by atoms with E-state index in [4.69, 9.17) is 0 Å². The lowest BCUT2D eigenvalue weighted by Gasteiger charge is -2.30. The molecule has 0 radical (unpaired) electrons. The highest BCUT2D eigenvalue weighted by Crippen LogP contribution is 2.33. The maximum absolute atomic E-state index is 12.8. The van der Waals surface area contributed by atoms with E-state index in [-0.39, 0.29) is 4.90 Å². The number of hydrogen-bond donors (Lipinski definition) is 0. The minimum absolute atomic E-state index is 0.322. The van der Waals surface area contributed by atoms with Gasteiger partial charge in [-0.25, -0.2) is 8.78 Å². The first-order valence-electron chi connectivity index (χ1n) is 3.36. The van der Waals surface area contributed by atoms with Gasteiger partial charge in [0, 0.05) is 19.4 Å². The van der Waals surface area contributed by atoms with Crippen LogP contribution >= 0.6 is 0 Å². The van der Waals surface area contributed by atoms with Crippen LogP contribution in [0.2, 0.25) is 0 Å². The highest BCUT2D eigenvalue weighted by atomic mass is 19.3. The molecule has 7 heteroatoms. The van der Waals surface area contributed by atoms with Gasteiger partial charge >= 0.3 is 12.5 Å². The van der Waals surface area contributed by atoms with E-state index < -0.39 is 18.9 Å². The summed E-state index contributed by atoms with van der Waals surface area (Å²) in [5, 5.41) is 0. The van der Waals surface area contributed by atoms with Crippen LogP contribution in [0.25, 0.3) is 0 Å². The molecule has 0 aliphatic carbocycles. The zero-order valence-corrected chi connectivity index (χ0v) is 6.59. The standard InChI is InChI=1S/C6H7F5N2/c1-12-2-3-13(5(12)9)6(10,11)4(7)8/h2-5H,1H3. The van der Waals surface area contributed by atoms with Crippen molar-refractivity contribution in [2.24, 2.45) is 0 Å². The average molecular weight is 202 g/mol. The summed E-state index contributed by atoms with van der Waals surface area (Å²) in [6.07, 6.45) is -4.61. The van der Waals surface area contributed by atoms with E-state index in [2.05, 4.69) is 0 Å². The third-order valence-corrected chi connectivity index (χ3v) is 1.63. The van der Waals surface area contributed by atoms with Gasteiger partial charge in [-0.15, -0.1) is 0 Å². The monoisotopic (exact) mass is 202 g/mol. The summed E-state index contributed by atoms with van der Waals surface area (Å²) in [5.41, 5.74) is 0. The second-order valence-corrected chi connectivity index (χ2v) is 2.57. The minimum atomic E-state index is -4.47. The Kier molecular flexibility index (Phi) is 2.36. The first-order valence-corrected chi connectivity index (χ1v) is 3.36. The summed E-state index contributed by atoms with van der Waals surface area (Å²) in [6.45, 7) is 0. The molecule has 0 saturated carbocycles. The fourth-order valence-corrected chi connectivity index (χ4v) is 0.869. The highest BCUT2D eigenvalue weighted by molar-refractivity contribution is 4.95. The molecule has 1 rings (SSSR count). The first kappa shape index (κ1) is 10.1. The van der Waals surface area contributed by atoms with Crippen LogP contribution in [-0.2, 0) is 0 Å². The molecule has 1 atom stereocenters. The molecule has 0 aromatic carbocycles. The normalized spacial score (nSPS) is 23.5. The van der Waals surface area contributed by atoms with Gasteiger partial charge in [-0.2, -0.15) is 13.2 Å². The lowest BCUT2D eigenvalue weighted by Crippen LogP contribution is -2.48. The topological polar surface area (TPSA) is 6.48 Å². The first-order chi connectivity index (χ1) is 5.87. The molecule has 0 bridgehead atoms. The molecule has 1 unspecified atom stereocenters. The Hall–Kier alpha value is -1.01. The van der Waals surface area contributed by atoms with E-state index in [1.54, 1.807) is 0 Å². The van der Waals surface area contributed by atoms with Gasteiger partial charge in [0.2, 0.25) is 0 Å². The van der Waals surface area contributed by atoms with Crippen molar-refractivity contribution in [1.82, 2.24) is 9.80 Å². The zero-order valence-electron chi connectivity index (χ0n) is 6.59. The molecule has 0 N–H and O–H groups in total. The molecule has 1 aliphatic rings. The number of alkyl halides is 5. The van der Waals surface area contributed by atoms with Crippen molar-refractivity contribution < 1.29 is 22.0 Å². The lowest BCUT2D eigenvalue weighted by atomic mass is 10.5. The quantitative estimate of drug-likeness (QED) is 0.497. The van der Waals surface area contributed by atoms with Crippen LogP contribution in [0, 0.1) is 0 Å². The maximum Gasteiger partial charge on any atom is 0.389 e. The van der Waals surface area contributed by atoms with Crippen LogP contribution in [0.4, 0.5) is 22.0 Å². The highest BCUT2D eigenvalue weighted by Gasteiger charge is 2.51. The van der Waals surface area contributed by atoms with Crippen LogP contribution < -0.4 is 0 Å². The number of rotatable bonds is 2. The van der Waals surface area contributed by atoms with E-state index in [0.29, 0.717) is 6.20 Å². The van der Waals surface area contributed by atoms with E-state index in [1.165, 1.54) is 7.05 Å². The smallest absolute Gasteiger partial charge is 0.333 e.